The van der Waals surface area contributed by atoms with Crippen molar-refractivity contribution < 1.29 is 13.2 Å². The first kappa shape index (κ1) is 20.3. The van der Waals surface area contributed by atoms with E-state index in [1.165, 1.54) is 6.07 Å². The van der Waals surface area contributed by atoms with Crippen LogP contribution in [0.3, 0.4) is 0 Å². The number of hydrogen-bond donors (Lipinski definition) is 2. The van der Waals surface area contributed by atoms with Gasteiger partial charge in [-0.1, -0.05) is 54.1 Å². The average Bonchev–Trinajstić information content (AvgIpc) is 2.79. The van der Waals surface area contributed by atoms with Gasteiger partial charge in [-0.15, -0.1) is 0 Å². The number of aliphatic imine (C=N–C) groups is 1. The molecule has 1 aromatic heterocycles. The lowest BCUT2D eigenvalue weighted by atomic mass is 10.1. The van der Waals surface area contributed by atoms with Crippen molar-refractivity contribution in [1.82, 2.24) is 9.71 Å². The third-order valence-corrected chi connectivity index (χ3v) is 6.59. The van der Waals surface area contributed by atoms with Crippen molar-refractivity contribution in [2.75, 3.05) is 5.32 Å². The summed E-state index contributed by atoms with van der Waals surface area (Å²) < 4.78 is 34.0. The summed E-state index contributed by atoms with van der Waals surface area (Å²) in [4.78, 5) is 8.86. The minimum absolute atomic E-state index is 0.0600. The highest BCUT2D eigenvalue weighted by atomic mass is 35.5. The Kier molecular flexibility index (Phi) is 5.16. The second kappa shape index (κ2) is 8.14. The number of para-hydroxylation sites is 2. The second-order valence-corrected chi connectivity index (χ2v) is 9.14. The zero-order valence-corrected chi connectivity index (χ0v) is 18.2. The molecular formula is C23H17ClN4O3S. The molecule has 1 aliphatic heterocycles. The van der Waals surface area contributed by atoms with E-state index in [4.69, 9.17) is 16.3 Å². The van der Waals surface area contributed by atoms with Crippen molar-refractivity contribution in [3.8, 4) is 11.5 Å². The summed E-state index contributed by atoms with van der Waals surface area (Å²) in [6, 6.07) is 21.5. The summed E-state index contributed by atoms with van der Waals surface area (Å²) in [5.41, 5.74) is 1.000. The summed E-state index contributed by atoms with van der Waals surface area (Å²) >= 11 is 6.19. The molecule has 0 fully saturated rings. The number of fused-ring (bicyclic) bond motifs is 2. The molecule has 4 aromatic rings. The third-order valence-electron chi connectivity index (χ3n) is 4.90. The van der Waals surface area contributed by atoms with E-state index in [-0.39, 0.29) is 23.1 Å². The van der Waals surface area contributed by atoms with Crippen LogP contribution in [0.5, 0.6) is 11.5 Å². The van der Waals surface area contributed by atoms with Crippen LogP contribution in [0.25, 0.3) is 10.8 Å². The molecule has 0 saturated heterocycles. The first-order valence-electron chi connectivity index (χ1n) is 9.73. The summed E-state index contributed by atoms with van der Waals surface area (Å²) in [5.74, 6) is 0.819. The van der Waals surface area contributed by atoms with Crippen LogP contribution in [-0.4, -0.2) is 19.4 Å². The lowest BCUT2D eigenvalue weighted by molar-refractivity contribution is 0.483. The molecule has 5 rings (SSSR count). The van der Waals surface area contributed by atoms with Gasteiger partial charge in [0.25, 0.3) is 10.0 Å². The van der Waals surface area contributed by atoms with Gasteiger partial charge < -0.3 is 10.1 Å². The van der Waals surface area contributed by atoms with Crippen LogP contribution in [0.4, 0.5) is 5.69 Å². The molecule has 0 spiro atoms. The molecule has 9 heteroatoms. The summed E-state index contributed by atoms with van der Waals surface area (Å²) in [6.07, 6.45) is 1.77. The van der Waals surface area contributed by atoms with E-state index in [0.717, 1.165) is 10.8 Å². The van der Waals surface area contributed by atoms with Crippen molar-refractivity contribution in [2.24, 2.45) is 4.99 Å². The molecule has 1 aliphatic rings. The van der Waals surface area contributed by atoms with E-state index in [1.807, 2.05) is 30.3 Å². The number of rotatable bonds is 4. The van der Waals surface area contributed by atoms with Crippen LogP contribution < -0.4 is 14.8 Å². The Bertz CT molecular complexity index is 1470. The highest BCUT2D eigenvalue weighted by Crippen LogP contribution is 2.38. The monoisotopic (exact) mass is 464 g/mol. The van der Waals surface area contributed by atoms with E-state index >= 15 is 0 Å². The summed E-state index contributed by atoms with van der Waals surface area (Å²) in [6.45, 7) is 0.193. The van der Waals surface area contributed by atoms with Crippen LogP contribution in [0, 0.1) is 0 Å². The van der Waals surface area contributed by atoms with Crippen molar-refractivity contribution in [2.45, 2.75) is 11.4 Å². The van der Waals surface area contributed by atoms with Gasteiger partial charge in [0.1, 0.15) is 16.3 Å². The van der Waals surface area contributed by atoms with Gasteiger partial charge in [-0.3, -0.25) is 4.98 Å². The lowest BCUT2D eigenvalue weighted by Gasteiger charge is -2.23. The average molecular weight is 465 g/mol. The molecule has 0 saturated carbocycles. The largest absolute Gasteiger partial charge is 0.454 e. The fourth-order valence-corrected chi connectivity index (χ4v) is 4.70. The van der Waals surface area contributed by atoms with Crippen LogP contribution >= 0.6 is 11.6 Å². The number of halogens is 1. The van der Waals surface area contributed by atoms with Gasteiger partial charge in [0.05, 0.1) is 17.3 Å². The number of hydrogen-bond acceptors (Lipinski definition) is 5. The third kappa shape index (κ3) is 3.98. The Hall–Kier alpha value is -3.62. The number of anilines is 1. The van der Waals surface area contributed by atoms with Crippen LogP contribution in [0.2, 0.25) is 5.02 Å². The first-order valence-corrected chi connectivity index (χ1v) is 11.6. The molecule has 0 radical (unpaired) electrons. The zero-order chi connectivity index (χ0) is 22.1. The minimum Gasteiger partial charge on any atom is -0.454 e. The minimum atomic E-state index is -3.83. The number of sulfonamides is 1. The number of nitrogens with zero attached hydrogens (tertiary/aromatic N) is 2. The molecule has 0 aliphatic carbocycles. The fraction of sp³-hybridized carbons (Fsp3) is 0.0435. The molecule has 0 atom stereocenters. The SMILES string of the molecule is O=S1(=O)NC(=NCc2cc3ccccc3cn2)Nc2c(Oc3ccccc3Cl)cccc21. The highest BCUT2D eigenvalue weighted by Gasteiger charge is 2.29. The first-order chi connectivity index (χ1) is 15.5. The number of pyridine rings is 1. The number of guanidine groups is 1. The Morgan fingerprint density at radius 2 is 1.69 bits per heavy atom. The molecule has 2 N–H and O–H groups in total. The van der Waals surface area contributed by atoms with Gasteiger partial charge in [-0.2, -0.15) is 0 Å². The van der Waals surface area contributed by atoms with E-state index < -0.39 is 10.0 Å². The maximum atomic E-state index is 12.8. The molecule has 32 heavy (non-hydrogen) atoms. The predicted molar refractivity (Wildman–Crippen MR) is 125 cm³/mol. The van der Waals surface area contributed by atoms with E-state index in [1.54, 1.807) is 42.6 Å². The lowest BCUT2D eigenvalue weighted by Crippen LogP contribution is -2.40. The van der Waals surface area contributed by atoms with Gasteiger partial charge in [0.15, 0.2) is 5.75 Å². The Balaban J connectivity index is 1.46. The number of aromatic nitrogens is 1. The summed E-state index contributed by atoms with van der Waals surface area (Å²) in [7, 11) is -3.83. The summed E-state index contributed by atoms with van der Waals surface area (Å²) in [5, 5.41) is 5.51. The standard InChI is InChI=1S/C23H17ClN4O3S/c24-18-8-3-4-9-19(18)31-20-10-5-11-21-22(20)27-23(28-32(21,29)30)26-14-17-12-15-6-1-2-7-16(15)13-25-17/h1-13H,14H2,(H2,26,27,28). The van der Waals surface area contributed by atoms with E-state index in [2.05, 4.69) is 20.0 Å². The van der Waals surface area contributed by atoms with Gasteiger partial charge >= 0.3 is 0 Å². The van der Waals surface area contributed by atoms with Gasteiger partial charge in [-0.05, 0) is 35.7 Å². The molecule has 0 unspecified atom stereocenters. The zero-order valence-electron chi connectivity index (χ0n) is 16.6. The van der Waals surface area contributed by atoms with Gasteiger partial charge in [-0.25, -0.2) is 18.1 Å². The maximum Gasteiger partial charge on any atom is 0.266 e. The molecule has 0 amide bonds. The Morgan fingerprint density at radius 1 is 0.938 bits per heavy atom. The second-order valence-electron chi connectivity index (χ2n) is 7.08. The topological polar surface area (TPSA) is 92.7 Å². The van der Waals surface area contributed by atoms with Crippen molar-refractivity contribution in [3.63, 3.8) is 0 Å². The quantitative estimate of drug-likeness (QED) is 0.446. The molecule has 2 heterocycles. The van der Waals surface area contributed by atoms with Crippen molar-refractivity contribution >= 4 is 44.0 Å². The molecule has 3 aromatic carbocycles. The maximum absolute atomic E-state index is 12.8. The molecular weight excluding hydrogens is 448 g/mol. The van der Waals surface area contributed by atoms with E-state index in [0.29, 0.717) is 22.2 Å². The van der Waals surface area contributed by atoms with Crippen LogP contribution in [-0.2, 0) is 16.6 Å². The smallest absolute Gasteiger partial charge is 0.266 e. The van der Waals surface area contributed by atoms with E-state index in [9.17, 15) is 8.42 Å². The van der Waals surface area contributed by atoms with Gasteiger partial charge in [0, 0.05) is 11.6 Å². The van der Waals surface area contributed by atoms with Crippen LogP contribution in [0.1, 0.15) is 5.69 Å². The predicted octanol–water partition coefficient (Wildman–Crippen LogP) is 4.94. The Morgan fingerprint density at radius 3 is 2.53 bits per heavy atom. The van der Waals surface area contributed by atoms with Crippen molar-refractivity contribution in [3.05, 3.63) is 89.7 Å². The molecule has 160 valence electrons. The molecule has 7 nitrogen and oxygen atoms in total. The fourth-order valence-electron chi connectivity index (χ4n) is 3.36. The van der Waals surface area contributed by atoms with Crippen molar-refractivity contribution in [1.29, 1.82) is 0 Å². The van der Waals surface area contributed by atoms with Crippen LogP contribution in [0.15, 0.2) is 88.9 Å². The Labute approximate surface area is 189 Å². The van der Waals surface area contributed by atoms with Gasteiger partial charge in [0.2, 0.25) is 5.96 Å². The number of nitrogens with one attached hydrogen (secondary N) is 2. The highest BCUT2D eigenvalue weighted by molar-refractivity contribution is 7.90. The number of ether oxygens (including phenoxy) is 1. The number of benzene rings is 3. The normalized spacial score (nSPS) is 15.6. The molecule has 0 bridgehead atoms.